The molecule has 0 N–H and O–H groups in total. The van der Waals surface area contributed by atoms with Crippen molar-refractivity contribution in [3.63, 3.8) is 0 Å². The molecule has 3 aromatic carbocycles. The number of fused-ring (bicyclic) bond motifs is 4. The van der Waals surface area contributed by atoms with E-state index in [9.17, 15) is 0 Å². The molecule has 0 fully saturated rings. The number of aromatic nitrogens is 1. The van der Waals surface area contributed by atoms with Crippen LogP contribution in [0.25, 0.3) is 32.6 Å². The average molecular weight is 259 g/mol. The van der Waals surface area contributed by atoms with E-state index in [1.54, 1.807) is 0 Å². The molecule has 0 bridgehead atoms. The van der Waals surface area contributed by atoms with Gasteiger partial charge < -0.3 is 4.57 Å². The van der Waals surface area contributed by atoms with Gasteiger partial charge in [0.1, 0.15) is 0 Å². The lowest BCUT2D eigenvalue weighted by Gasteiger charge is -2.06. The van der Waals surface area contributed by atoms with E-state index in [2.05, 4.69) is 73.0 Å². The van der Waals surface area contributed by atoms with Crippen LogP contribution in [-0.2, 0) is 6.54 Å². The second-order valence-corrected chi connectivity index (χ2v) is 5.43. The van der Waals surface area contributed by atoms with E-state index >= 15 is 0 Å². The lowest BCUT2D eigenvalue weighted by Crippen LogP contribution is -1.92. The molecule has 0 atom stereocenters. The molecule has 1 heterocycles. The summed E-state index contributed by atoms with van der Waals surface area (Å²) in [6.07, 6.45) is 0. The minimum absolute atomic E-state index is 1.00. The maximum absolute atomic E-state index is 2.41. The summed E-state index contributed by atoms with van der Waals surface area (Å²) in [5.41, 5.74) is 4.02. The predicted octanol–water partition coefficient (Wildman–Crippen LogP) is 5.28. The Morgan fingerprint density at radius 2 is 1.65 bits per heavy atom. The molecule has 4 rings (SSSR count). The lowest BCUT2D eigenvalue weighted by atomic mass is 10.0. The van der Waals surface area contributed by atoms with Gasteiger partial charge in [-0.1, -0.05) is 36.4 Å². The Morgan fingerprint density at radius 3 is 2.50 bits per heavy atom. The minimum atomic E-state index is 1.00. The van der Waals surface area contributed by atoms with Crippen LogP contribution in [0.3, 0.4) is 0 Å². The van der Waals surface area contributed by atoms with Gasteiger partial charge in [0.25, 0.3) is 0 Å². The number of rotatable bonds is 1. The molecule has 0 unspecified atom stereocenters. The Hall–Kier alpha value is -2.28. The van der Waals surface area contributed by atoms with Gasteiger partial charge in [-0.3, -0.25) is 0 Å². The molecule has 0 aliphatic rings. The molecule has 0 saturated heterocycles. The minimum Gasteiger partial charge on any atom is -0.341 e. The van der Waals surface area contributed by atoms with Crippen molar-refractivity contribution >= 4 is 32.6 Å². The maximum atomic E-state index is 2.41. The molecule has 0 saturated carbocycles. The van der Waals surface area contributed by atoms with Crippen LogP contribution in [0.15, 0.2) is 54.6 Å². The number of benzene rings is 3. The van der Waals surface area contributed by atoms with Crippen LogP contribution in [-0.4, -0.2) is 4.57 Å². The van der Waals surface area contributed by atoms with Crippen molar-refractivity contribution in [2.45, 2.75) is 20.4 Å². The van der Waals surface area contributed by atoms with Gasteiger partial charge in [0, 0.05) is 28.4 Å². The standard InChI is InChI=1S/C19H17N/c1-3-20-18-10-5-4-9-15(18)17-11-14-8-6-7-13(2)16(14)12-19(17)20/h4-12H,3H2,1-2H3. The van der Waals surface area contributed by atoms with Crippen molar-refractivity contribution in [3.8, 4) is 0 Å². The van der Waals surface area contributed by atoms with Crippen LogP contribution < -0.4 is 0 Å². The van der Waals surface area contributed by atoms with Crippen molar-refractivity contribution in [1.29, 1.82) is 0 Å². The Balaban J connectivity index is 2.29. The normalized spacial score (nSPS) is 11.7. The third kappa shape index (κ3) is 1.44. The van der Waals surface area contributed by atoms with E-state index in [4.69, 9.17) is 0 Å². The third-order valence-corrected chi connectivity index (χ3v) is 4.31. The van der Waals surface area contributed by atoms with E-state index in [-0.39, 0.29) is 0 Å². The van der Waals surface area contributed by atoms with E-state index in [1.807, 2.05) is 0 Å². The predicted molar refractivity (Wildman–Crippen MR) is 87.4 cm³/mol. The monoisotopic (exact) mass is 259 g/mol. The number of aryl methyl sites for hydroxylation is 2. The molecular weight excluding hydrogens is 242 g/mol. The molecule has 0 amide bonds. The van der Waals surface area contributed by atoms with Gasteiger partial charge in [-0.05, 0) is 48.4 Å². The summed E-state index contributed by atoms with van der Waals surface area (Å²) in [6, 6.07) is 19.9. The Kier molecular flexibility index (Phi) is 2.37. The first-order valence-corrected chi connectivity index (χ1v) is 7.20. The van der Waals surface area contributed by atoms with E-state index in [0.29, 0.717) is 0 Å². The molecule has 0 spiro atoms. The number of para-hydroxylation sites is 1. The zero-order valence-corrected chi connectivity index (χ0v) is 11.9. The number of hydrogen-bond donors (Lipinski definition) is 0. The highest BCUT2D eigenvalue weighted by atomic mass is 15.0. The van der Waals surface area contributed by atoms with Crippen molar-refractivity contribution in [2.75, 3.05) is 0 Å². The summed E-state index contributed by atoms with van der Waals surface area (Å²) in [7, 11) is 0. The summed E-state index contributed by atoms with van der Waals surface area (Å²) < 4.78 is 2.41. The topological polar surface area (TPSA) is 4.93 Å². The van der Waals surface area contributed by atoms with E-state index < -0.39 is 0 Å². The van der Waals surface area contributed by atoms with Crippen LogP contribution in [0.2, 0.25) is 0 Å². The first-order chi connectivity index (χ1) is 9.79. The summed E-state index contributed by atoms with van der Waals surface area (Å²) in [6.45, 7) is 5.41. The van der Waals surface area contributed by atoms with Gasteiger partial charge in [-0.2, -0.15) is 0 Å². The van der Waals surface area contributed by atoms with Crippen LogP contribution in [0.1, 0.15) is 12.5 Å². The maximum Gasteiger partial charge on any atom is 0.0497 e. The molecule has 4 aromatic rings. The Bertz CT molecular complexity index is 944. The van der Waals surface area contributed by atoms with Gasteiger partial charge in [0.05, 0.1) is 0 Å². The van der Waals surface area contributed by atoms with E-state index in [1.165, 1.54) is 38.1 Å². The van der Waals surface area contributed by atoms with Crippen LogP contribution in [0.4, 0.5) is 0 Å². The molecule has 1 aromatic heterocycles. The third-order valence-electron chi connectivity index (χ3n) is 4.31. The fourth-order valence-electron chi connectivity index (χ4n) is 3.32. The van der Waals surface area contributed by atoms with Crippen LogP contribution in [0.5, 0.6) is 0 Å². The van der Waals surface area contributed by atoms with Crippen LogP contribution >= 0.6 is 0 Å². The quantitative estimate of drug-likeness (QED) is 0.438. The first-order valence-electron chi connectivity index (χ1n) is 7.20. The molecule has 0 aliphatic carbocycles. The average Bonchev–Trinajstić information content (AvgIpc) is 2.79. The number of nitrogens with zero attached hydrogens (tertiary/aromatic N) is 1. The fraction of sp³-hybridized carbons (Fsp3) is 0.158. The SMILES string of the molecule is CCn1c2ccccc2c2cc3cccc(C)c3cc21. The highest BCUT2D eigenvalue weighted by Crippen LogP contribution is 2.33. The summed E-state index contributed by atoms with van der Waals surface area (Å²) >= 11 is 0. The number of hydrogen-bond acceptors (Lipinski definition) is 0. The van der Waals surface area contributed by atoms with Crippen molar-refractivity contribution < 1.29 is 0 Å². The van der Waals surface area contributed by atoms with Crippen LogP contribution in [0, 0.1) is 6.92 Å². The molecule has 20 heavy (non-hydrogen) atoms. The second-order valence-electron chi connectivity index (χ2n) is 5.43. The zero-order valence-electron chi connectivity index (χ0n) is 11.9. The summed E-state index contributed by atoms with van der Waals surface area (Å²) in [4.78, 5) is 0. The molecule has 1 heteroatoms. The lowest BCUT2D eigenvalue weighted by molar-refractivity contribution is 0.827. The summed E-state index contributed by atoms with van der Waals surface area (Å²) in [5.74, 6) is 0. The highest BCUT2D eigenvalue weighted by molar-refractivity contribution is 6.12. The Labute approximate surface area is 118 Å². The molecule has 0 aliphatic heterocycles. The zero-order chi connectivity index (χ0) is 13.7. The summed E-state index contributed by atoms with van der Waals surface area (Å²) in [5, 5.41) is 5.40. The van der Waals surface area contributed by atoms with Crippen molar-refractivity contribution in [1.82, 2.24) is 4.57 Å². The Morgan fingerprint density at radius 1 is 0.800 bits per heavy atom. The van der Waals surface area contributed by atoms with Crippen molar-refractivity contribution in [2.24, 2.45) is 0 Å². The smallest absolute Gasteiger partial charge is 0.0497 e. The molecule has 98 valence electrons. The van der Waals surface area contributed by atoms with Gasteiger partial charge in [0.2, 0.25) is 0 Å². The van der Waals surface area contributed by atoms with Gasteiger partial charge in [0.15, 0.2) is 0 Å². The fourth-order valence-corrected chi connectivity index (χ4v) is 3.32. The van der Waals surface area contributed by atoms with E-state index in [0.717, 1.165) is 6.54 Å². The molecular formula is C19H17N. The highest BCUT2D eigenvalue weighted by Gasteiger charge is 2.10. The molecule has 0 radical (unpaired) electrons. The van der Waals surface area contributed by atoms with Gasteiger partial charge >= 0.3 is 0 Å². The van der Waals surface area contributed by atoms with Gasteiger partial charge in [-0.15, -0.1) is 0 Å². The second kappa shape index (κ2) is 4.11. The van der Waals surface area contributed by atoms with Crippen molar-refractivity contribution in [3.05, 3.63) is 60.2 Å². The molecule has 1 nitrogen and oxygen atoms in total. The largest absolute Gasteiger partial charge is 0.341 e. The van der Waals surface area contributed by atoms with Gasteiger partial charge in [-0.25, -0.2) is 0 Å². The first kappa shape index (κ1) is 11.5.